The normalized spacial score (nSPS) is 12.5. The third kappa shape index (κ3) is 3.55. The second-order valence-electron chi connectivity index (χ2n) is 4.81. The average Bonchev–Trinajstić information content (AvgIpc) is 2.49. The van der Waals surface area contributed by atoms with Gasteiger partial charge in [0.25, 0.3) is 6.43 Å². The van der Waals surface area contributed by atoms with E-state index in [1.807, 2.05) is 11.9 Å². The molecule has 0 saturated heterocycles. The summed E-state index contributed by atoms with van der Waals surface area (Å²) in [7, 11) is 1.84. The number of hydrogen-bond acceptors (Lipinski definition) is 2. The molecule has 2 rings (SSSR count). The summed E-state index contributed by atoms with van der Waals surface area (Å²) in [5.74, 6) is -0.308. The van der Waals surface area contributed by atoms with E-state index in [0.29, 0.717) is 6.54 Å². The number of hydrogen-bond donors (Lipinski definition) is 1. The minimum absolute atomic E-state index is 0.0149. The van der Waals surface area contributed by atoms with Crippen molar-refractivity contribution in [2.24, 2.45) is 5.73 Å². The topological polar surface area (TPSA) is 29.3 Å². The molecule has 0 aromatic heterocycles. The van der Waals surface area contributed by atoms with Crippen molar-refractivity contribution in [2.45, 2.75) is 12.5 Å². The van der Waals surface area contributed by atoms with E-state index in [0.717, 1.165) is 11.3 Å². The summed E-state index contributed by atoms with van der Waals surface area (Å²) >= 11 is 0. The van der Waals surface area contributed by atoms with E-state index in [4.69, 9.17) is 5.73 Å². The van der Waals surface area contributed by atoms with E-state index in [9.17, 15) is 13.2 Å². The van der Waals surface area contributed by atoms with Crippen LogP contribution in [-0.4, -0.2) is 13.6 Å². The molecular weight excluding hydrogens is 277 g/mol. The summed E-state index contributed by atoms with van der Waals surface area (Å²) in [5.41, 5.74) is 7.44. The molecule has 0 spiro atoms. The lowest BCUT2D eigenvalue weighted by Gasteiger charge is -2.29. The van der Waals surface area contributed by atoms with Crippen LogP contribution in [0.3, 0.4) is 0 Å². The molecule has 0 aliphatic heterocycles. The van der Waals surface area contributed by atoms with E-state index in [1.54, 1.807) is 24.3 Å². The van der Waals surface area contributed by atoms with E-state index >= 15 is 0 Å². The fourth-order valence-corrected chi connectivity index (χ4v) is 2.24. The monoisotopic (exact) mass is 294 g/mol. The van der Waals surface area contributed by atoms with Crippen molar-refractivity contribution in [3.63, 3.8) is 0 Å². The van der Waals surface area contributed by atoms with Crippen LogP contribution in [0.5, 0.6) is 0 Å². The summed E-state index contributed by atoms with van der Waals surface area (Å²) in [5, 5.41) is 0. The largest absolute Gasteiger partial charge is 0.366 e. The Morgan fingerprint density at radius 3 is 1.95 bits per heavy atom. The fourth-order valence-electron chi connectivity index (χ4n) is 2.24. The van der Waals surface area contributed by atoms with Gasteiger partial charge in [-0.3, -0.25) is 0 Å². The van der Waals surface area contributed by atoms with Crippen LogP contribution in [0.1, 0.15) is 23.6 Å². The molecular formula is C16H17F3N2. The Morgan fingerprint density at radius 2 is 1.48 bits per heavy atom. The first-order valence-electron chi connectivity index (χ1n) is 6.59. The highest BCUT2D eigenvalue weighted by Crippen LogP contribution is 2.27. The van der Waals surface area contributed by atoms with Gasteiger partial charge in [0.05, 0.1) is 6.04 Å². The van der Waals surface area contributed by atoms with Crippen molar-refractivity contribution in [1.82, 2.24) is 0 Å². The number of anilines is 1. The lowest BCUT2D eigenvalue weighted by atomic mass is 10.0. The van der Waals surface area contributed by atoms with Crippen molar-refractivity contribution in [2.75, 3.05) is 18.5 Å². The summed E-state index contributed by atoms with van der Waals surface area (Å²) < 4.78 is 38.1. The Kier molecular flexibility index (Phi) is 4.85. The van der Waals surface area contributed by atoms with Crippen LogP contribution in [-0.2, 0) is 0 Å². The van der Waals surface area contributed by atoms with Crippen molar-refractivity contribution in [3.8, 4) is 0 Å². The first-order chi connectivity index (χ1) is 10.0. The number of nitrogens with two attached hydrogens (primary N) is 1. The van der Waals surface area contributed by atoms with E-state index in [2.05, 4.69) is 0 Å². The van der Waals surface area contributed by atoms with Crippen LogP contribution in [0, 0.1) is 5.82 Å². The van der Waals surface area contributed by atoms with Gasteiger partial charge in [-0.25, -0.2) is 13.2 Å². The number of halogens is 3. The molecule has 0 amide bonds. The first-order valence-corrected chi connectivity index (χ1v) is 6.59. The summed E-state index contributed by atoms with van der Waals surface area (Å²) in [6, 6.07) is 12.0. The minimum Gasteiger partial charge on any atom is -0.366 e. The predicted octanol–water partition coefficient (Wildman–Crippen LogP) is 3.90. The molecule has 0 aliphatic rings. The zero-order valence-corrected chi connectivity index (χ0v) is 11.6. The van der Waals surface area contributed by atoms with E-state index < -0.39 is 6.43 Å². The maximum atomic E-state index is 13.0. The smallest absolute Gasteiger partial charge is 0.263 e. The standard InChI is InChI=1S/C16H17F3N2/c1-21(14-8-6-13(17)7-9-14)15(10-20)11-2-4-12(5-3-11)16(18)19/h2-9,15-16H,10,20H2,1H3. The number of nitrogens with zero attached hydrogens (tertiary/aromatic N) is 1. The summed E-state index contributed by atoms with van der Waals surface area (Å²) in [6.07, 6.45) is -2.48. The Morgan fingerprint density at radius 1 is 0.952 bits per heavy atom. The molecule has 5 heteroatoms. The minimum atomic E-state index is -2.48. The van der Waals surface area contributed by atoms with Crippen LogP contribution < -0.4 is 10.6 Å². The molecule has 2 nitrogen and oxygen atoms in total. The zero-order valence-electron chi connectivity index (χ0n) is 11.6. The number of rotatable bonds is 5. The number of benzene rings is 2. The van der Waals surface area contributed by atoms with Gasteiger partial charge in [0.2, 0.25) is 0 Å². The van der Waals surface area contributed by atoms with Gasteiger partial charge in [0, 0.05) is 24.8 Å². The molecule has 1 unspecified atom stereocenters. The summed E-state index contributed by atoms with van der Waals surface area (Å²) in [6.45, 7) is 0.321. The maximum Gasteiger partial charge on any atom is 0.263 e. The second-order valence-corrected chi connectivity index (χ2v) is 4.81. The average molecular weight is 294 g/mol. The van der Waals surface area contributed by atoms with Crippen LogP contribution in [0.4, 0.5) is 18.9 Å². The van der Waals surface area contributed by atoms with E-state index in [-0.39, 0.29) is 17.4 Å². The number of likely N-dealkylation sites (N-methyl/N-ethyl adjacent to an activating group) is 1. The third-order valence-electron chi connectivity index (χ3n) is 3.50. The van der Waals surface area contributed by atoms with Crippen molar-refractivity contribution in [1.29, 1.82) is 0 Å². The molecule has 2 aromatic rings. The Hall–Kier alpha value is -2.01. The Labute approximate surface area is 122 Å². The van der Waals surface area contributed by atoms with Crippen LogP contribution in [0.15, 0.2) is 48.5 Å². The van der Waals surface area contributed by atoms with Gasteiger partial charge in [0.1, 0.15) is 5.82 Å². The molecule has 1 atom stereocenters. The molecule has 0 heterocycles. The highest BCUT2D eigenvalue weighted by atomic mass is 19.3. The van der Waals surface area contributed by atoms with Gasteiger partial charge >= 0.3 is 0 Å². The molecule has 2 aromatic carbocycles. The van der Waals surface area contributed by atoms with Gasteiger partial charge < -0.3 is 10.6 Å². The molecule has 0 bridgehead atoms. The molecule has 21 heavy (non-hydrogen) atoms. The van der Waals surface area contributed by atoms with Gasteiger partial charge in [-0.2, -0.15) is 0 Å². The van der Waals surface area contributed by atoms with E-state index in [1.165, 1.54) is 24.3 Å². The predicted molar refractivity (Wildman–Crippen MR) is 78.0 cm³/mol. The van der Waals surface area contributed by atoms with Crippen LogP contribution >= 0.6 is 0 Å². The molecule has 0 fully saturated rings. The zero-order chi connectivity index (χ0) is 15.4. The highest BCUT2D eigenvalue weighted by molar-refractivity contribution is 5.48. The molecule has 2 N–H and O–H groups in total. The lowest BCUT2D eigenvalue weighted by molar-refractivity contribution is 0.151. The van der Waals surface area contributed by atoms with Gasteiger partial charge in [0.15, 0.2) is 0 Å². The number of alkyl halides is 2. The van der Waals surface area contributed by atoms with Crippen LogP contribution in [0.2, 0.25) is 0 Å². The molecule has 0 radical (unpaired) electrons. The molecule has 112 valence electrons. The van der Waals surface area contributed by atoms with Crippen molar-refractivity contribution in [3.05, 3.63) is 65.5 Å². The Balaban J connectivity index is 2.23. The lowest BCUT2D eigenvalue weighted by Crippen LogP contribution is -2.30. The van der Waals surface area contributed by atoms with Crippen LogP contribution in [0.25, 0.3) is 0 Å². The van der Waals surface area contributed by atoms with Gasteiger partial charge in [-0.1, -0.05) is 24.3 Å². The highest BCUT2D eigenvalue weighted by Gasteiger charge is 2.17. The quantitative estimate of drug-likeness (QED) is 0.906. The maximum absolute atomic E-state index is 13.0. The second kappa shape index (κ2) is 6.63. The SMILES string of the molecule is CN(c1ccc(F)cc1)C(CN)c1ccc(C(F)F)cc1. The first kappa shape index (κ1) is 15.4. The molecule has 0 aliphatic carbocycles. The third-order valence-corrected chi connectivity index (χ3v) is 3.50. The summed E-state index contributed by atoms with van der Waals surface area (Å²) in [4.78, 5) is 1.90. The van der Waals surface area contributed by atoms with Gasteiger partial charge in [-0.05, 0) is 29.8 Å². The van der Waals surface area contributed by atoms with Crippen molar-refractivity contribution < 1.29 is 13.2 Å². The molecule has 0 saturated carbocycles. The fraction of sp³-hybridized carbons (Fsp3) is 0.250. The Bertz CT molecular complexity index is 567. The van der Waals surface area contributed by atoms with Gasteiger partial charge in [-0.15, -0.1) is 0 Å². The van der Waals surface area contributed by atoms with Crippen molar-refractivity contribution >= 4 is 5.69 Å².